The number of hydrogen-bond acceptors (Lipinski definition) is 7. The number of aromatic nitrogens is 4. The maximum Gasteiger partial charge on any atom is 0.412 e. The summed E-state index contributed by atoms with van der Waals surface area (Å²) < 4.78 is 25.3. The van der Waals surface area contributed by atoms with Crippen molar-refractivity contribution in [2.24, 2.45) is 13.0 Å². The lowest BCUT2D eigenvalue weighted by Crippen LogP contribution is -2.44. The Kier molecular flexibility index (Phi) is 9.04. The van der Waals surface area contributed by atoms with Crippen molar-refractivity contribution in [2.45, 2.75) is 95.7 Å². The summed E-state index contributed by atoms with van der Waals surface area (Å²) in [5.74, 6) is -0.350. The van der Waals surface area contributed by atoms with E-state index in [9.17, 15) is 23.6 Å². The van der Waals surface area contributed by atoms with E-state index in [0.29, 0.717) is 23.8 Å². The molecule has 1 saturated carbocycles. The van der Waals surface area contributed by atoms with Gasteiger partial charge in [0, 0.05) is 37.7 Å². The highest BCUT2D eigenvalue weighted by Crippen LogP contribution is 2.37. The van der Waals surface area contributed by atoms with E-state index in [1.165, 1.54) is 6.07 Å². The van der Waals surface area contributed by atoms with Gasteiger partial charge in [-0.05, 0) is 108 Å². The Balaban J connectivity index is 0.948. The standard InChI is InChI=1S/C37H46FN7O5/c1-37(2,3)50-35(48)39-29-18-24-21-44(41-28(24)19-27(29)38)25-10-8-22(9-11-25)20-43-16-14-23(15-17-43)26-6-5-7-30-33(26)42(4)36(49)45(30)31-12-13-32(46)40-34(31)47/h5-7,18-19,21-23,25,31H,8-17,20H2,1-4H3,(H,39,48)(H,40,46,47)/t22-,25-,31?. The fourth-order valence-electron chi connectivity index (χ4n) is 8.17. The molecule has 3 fully saturated rings. The smallest absolute Gasteiger partial charge is 0.412 e. The number of nitrogens with one attached hydrogen (secondary N) is 2. The van der Waals surface area contributed by atoms with Crippen LogP contribution in [0.5, 0.6) is 0 Å². The van der Waals surface area contributed by atoms with Crippen molar-refractivity contribution in [3.8, 4) is 0 Å². The van der Waals surface area contributed by atoms with Crippen LogP contribution in [0.2, 0.25) is 0 Å². The second-order valence-corrected chi connectivity index (χ2v) is 15.3. The average Bonchev–Trinajstić information content (AvgIpc) is 3.58. The molecule has 50 heavy (non-hydrogen) atoms. The number of likely N-dealkylation sites (tertiary alicyclic amines) is 1. The van der Waals surface area contributed by atoms with E-state index in [0.717, 1.165) is 80.1 Å². The maximum atomic E-state index is 14.8. The van der Waals surface area contributed by atoms with Gasteiger partial charge in [-0.25, -0.2) is 14.0 Å². The van der Waals surface area contributed by atoms with Crippen molar-refractivity contribution in [3.05, 3.63) is 58.4 Å². The predicted octanol–water partition coefficient (Wildman–Crippen LogP) is 5.76. The Hall–Kier alpha value is -4.52. The number of imide groups is 1. The number of anilines is 1. The molecule has 1 atom stereocenters. The number of aryl methyl sites for hydroxylation is 1. The lowest BCUT2D eigenvalue weighted by atomic mass is 9.84. The summed E-state index contributed by atoms with van der Waals surface area (Å²) in [6, 6.07) is 8.53. The van der Waals surface area contributed by atoms with Gasteiger partial charge in [0.15, 0.2) is 0 Å². The third kappa shape index (κ3) is 6.79. The number of piperidine rings is 2. The van der Waals surface area contributed by atoms with Crippen LogP contribution in [-0.4, -0.2) is 67.0 Å². The monoisotopic (exact) mass is 687 g/mol. The van der Waals surface area contributed by atoms with Gasteiger partial charge in [0.2, 0.25) is 11.8 Å². The summed E-state index contributed by atoms with van der Waals surface area (Å²) in [5.41, 5.74) is 2.49. The van der Waals surface area contributed by atoms with Gasteiger partial charge in [-0.1, -0.05) is 12.1 Å². The quantitative estimate of drug-likeness (QED) is 0.246. The molecule has 4 aromatic rings. The Morgan fingerprint density at radius 3 is 2.48 bits per heavy atom. The summed E-state index contributed by atoms with van der Waals surface area (Å²) in [4.78, 5) is 52.6. The summed E-state index contributed by atoms with van der Waals surface area (Å²) in [5, 5.41) is 10.4. The number of rotatable bonds is 6. The van der Waals surface area contributed by atoms with E-state index >= 15 is 0 Å². The molecule has 0 spiro atoms. The number of nitrogens with zero attached hydrogens (tertiary/aromatic N) is 5. The number of carbonyl (C=O) groups excluding carboxylic acids is 3. The largest absolute Gasteiger partial charge is 0.444 e. The van der Waals surface area contributed by atoms with Crippen LogP contribution in [0.1, 0.15) is 95.7 Å². The molecule has 266 valence electrons. The highest BCUT2D eigenvalue weighted by atomic mass is 19.1. The first-order chi connectivity index (χ1) is 23.8. The van der Waals surface area contributed by atoms with Crippen LogP contribution < -0.4 is 16.3 Å². The zero-order chi connectivity index (χ0) is 35.3. The van der Waals surface area contributed by atoms with Gasteiger partial charge in [0.05, 0.1) is 28.3 Å². The topological polar surface area (TPSA) is 132 Å². The Labute approximate surface area is 289 Å². The molecule has 1 unspecified atom stereocenters. The van der Waals surface area contributed by atoms with Crippen molar-refractivity contribution in [3.63, 3.8) is 0 Å². The van der Waals surface area contributed by atoms with Crippen molar-refractivity contribution in [2.75, 3.05) is 25.0 Å². The third-order valence-corrected chi connectivity index (χ3v) is 10.6. The fraction of sp³-hybridized carbons (Fsp3) is 0.541. The molecule has 0 bridgehead atoms. The Morgan fingerprint density at radius 2 is 1.78 bits per heavy atom. The van der Waals surface area contributed by atoms with Gasteiger partial charge in [-0.3, -0.25) is 34.0 Å². The van der Waals surface area contributed by atoms with Crippen molar-refractivity contribution < 1.29 is 23.5 Å². The summed E-state index contributed by atoms with van der Waals surface area (Å²) in [7, 11) is 1.77. The van der Waals surface area contributed by atoms with Gasteiger partial charge in [-0.15, -0.1) is 0 Å². The van der Waals surface area contributed by atoms with Crippen LogP contribution in [0.3, 0.4) is 0 Å². The van der Waals surface area contributed by atoms with Crippen LogP contribution >= 0.6 is 0 Å². The molecule has 3 amide bonds. The second-order valence-electron chi connectivity index (χ2n) is 15.3. The molecule has 2 saturated heterocycles. The molecule has 4 heterocycles. The first-order valence-electron chi connectivity index (χ1n) is 17.8. The molecule has 12 nitrogen and oxygen atoms in total. The molecule has 2 aromatic carbocycles. The van der Waals surface area contributed by atoms with Crippen molar-refractivity contribution in [1.29, 1.82) is 0 Å². The number of halogens is 1. The summed E-state index contributed by atoms with van der Waals surface area (Å²) >= 11 is 0. The average molecular weight is 688 g/mol. The molecule has 2 aromatic heterocycles. The zero-order valence-corrected chi connectivity index (χ0v) is 29.2. The van der Waals surface area contributed by atoms with Crippen molar-refractivity contribution >= 4 is 45.5 Å². The number of amides is 3. The van der Waals surface area contributed by atoms with Crippen LogP contribution in [0.15, 0.2) is 41.3 Å². The molecule has 3 aliphatic rings. The SMILES string of the molecule is Cn1c(=O)n(C2CCC(=O)NC2=O)c2cccc(C3CCN(C[C@H]4CC[C@H](n5cc6cc(NC(=O)OC(C)(C)C)c(F)cc6n5)CC4)CC3)c21. The van der Waals surface area contributed by atoms with E-state index in [1.54, 1.807) is 43.0 Å². The van der Waals surface area contributed by atoms with Gasteiger partial charge in [0.25, 0.3) is 0 Å². The third-order valence-electron chi connectivity index (χ3n) is 10.6. The Morgan fingerprint density at radius 1 is 1.04 bits per heavy atom. The normalized spacial score (nSPS) is 22.6. The van der Waals surface area contributed by atoms with E-state index in [4.69, 9.17) is 4.74 Å². The predicted molar refractivity (Wildman–Crippen MR) is 188 cm³/mol. The highest BCUT2D eigenvalue weighted by Gasteiger charge is 2.33. The second kappa shape index (κ2) is 13.3. The first-order valence-corrected chi connectivity index (χ1v) is 17.8. The van der Waals surface area contributed by atoms with Crippen LogP contribution in [0, 0.1) is 11.7 Å². The summed E-state index contributed by atoms with van der Waals surface area (Å²) in [6.45, 7) is 8.30. The number of ether oxygens (including phenoxy) is 1. The maximum absolute atomic E-state index is 14.8. The molecule has 13 heteroatoms. The van der Waals surface area contributed by atoms with E-state index in [2.05, 4.69) is 26.7 Å². The number of benzene rings is 2. The lowest BCUT2D eigenvalue weighted by Gasteiger charge is -2.37. The van der Waals surface area contributed by atoms with Gasteiger partial charge in [0.1, 0.15) is 17.5 Å². The lowest BCUT2D eigenvalue weighted by molar-refractivity contribution is -0.135. The minimum absolute atomic E-state index is 0.0742. The number of hydrogen-bond donors (Lipinski definition) is 2. The molecular weight excluding hydrogens is 641 g/mol. The van der Waals surface area contributed by atoms with Gasteiger partial charge >= 0.3 is 11.8 Å². The highest BCUT2D eigenvalue weighted by molar-refractivity contribution is 6.00. The Bertz CT molecular complexity index is 2010. The van der Waals surface area contributed by atoms with E-state index in [1.807, 2.05) is 23.0 Å². The van der Waals surface area contributed by atoms with E-state index in [-0.39, 0.29) is 29.7 Å². The molecule has 2 N–H and O–H groups in total. The molecule has 2 aliphatic heterocycles. The number of para-hydroxylation sites is 1. The number of carbonyl (C=O) groups is 3. The van der Waals surface area contributed by atoms with Crippen LogP contribution in [-0.2, 0) is 21.4 Å². The fourth-order valence-corrected chi connectivity index (χ4v) is 8.17. The van der Waals surface area contributed by atoms with Crippen molar-refractivity contribution in [1.82, 2.24) is 29.1 Å². The molecule has 1 aliphatic carbocycles. The molecular formula is C37H46FN7O5. The first kappa shape index (κ1) is 34.0. The minimum Gasteiger partial charge on any atom is -0.444 e. The minimum atomic E-state index is -0.697. The van der Waals surface area contributed by atoms with Crippen LogP contribution in [0.4, 0.5) is 14.9 Å². The van der Waals surface area contributed by atoms with Gasteiger partial charge in [-0.2, -0.15) is 5.10 Å². The number of imidazole rings is 1. The number of fused-ring (bicyclic) bond motifs is 2. The zero-order valence-electron chi connectivity index (χ0n) is 29.2. The molecule has 7 rings (SSSR count). The molecule has 0 radical (unpaired) electrons. The van der Waals surface area contributed by atoms with E-state index < -0.39 is 29.5 Å². The summed E-state index contributed by atoms with van der Waals surface area (Å²) in [6.07, 6.45) is 7.96. The van der Waals surface area contributed by atoms with Gasteiger partial charge < -0.3 is 9.64 Å². The van der Waals surface area contributed by atoms with Crippen LogP contribution in [0.25, 0.3) is 21.9 Å².